The van der Waals surface area contributed by atoms with Gasteiger partial charge >= 0.3 is 0 Å². The minimum atomic E-state index is -0.358. The van der Waals surface area contributed by atoms with Gasteiger partial charge in [-0.25, -0.2) is 4.39 Å². The van der Waals surface area contributed by atoms with Crippen LogP contribution in [0.15, 0.2) is 48.5 Å². The van der Waals surface area contributed by atoms with Crippen molar-refractivity contribution in [1.29, 1.82) is 0 Å². The van der Waals surface area contributed by atoms with E-state index < -0.39 is 0 Å². The molecule has 6 nitrogen and oxygen atoms in total. The first kappa shape index (κ1) is 22.1. The maximum atomic E-state index is 14.7. The van der Waals surface area contributed by atoms with Gasteiger partial charge in [0.05, 0.1) is 16.8 Å². The number of nitrogens with one attached hydrogen (secondary N) is 3. The molecular weight excluding hydrogens is 431 g/mol. The first-order valence-corrected chi connectivity index (χ1v) is 11.5. The number of fused-ring (bicyclic) bond motifs is 1. The smallest absolute Gasteiger partial charge is 0.256 e. The van der Waals surface area contributed by atoms with Gasteiger partial charge in [0.25, 0.3) is 11.8 Å². The van der Waals surface area contributed by atoms with Crippen molar-refractivity contribution < 1.29 is 14.0 Å². The number of carbonyl (C=O) groups is 2. The molecule has 0 unspecified atom stereocenters. The molecule has 1 aromatic heterocycles. The summed E-state index contributed by atoms with van der Waals surface area (Å²) in [6, 6.07) is 14.1. The molecule has 174 valence electrons. The largest absolute Gasteiger partial charge is 0.358 e. The van der Waals surface area contributed by atoms with Gasteiger partial charge in [-0.1, -0.05) is 30.3 Å². The van der Waals surface area contributed by atoms with Crippen molar-refractivity contribution in [3.63, 3.8) is 0 Å². The van der Waals surface area contributed by atoms with Crippen LogP contribution < -0.4 is 10.6 Å². The zero-order valence-corrected chi connectivity index (χ0v) is 19.4. The summed E-state index contributed by atoms with van der Waals surface area (Å²) in [5, 5.41) is 6.32. The first-order chi connectivity index (χ1) is 16.3. The van der Waals surface area contributed by atoms with Crippen molar-refractivity contribution >= 4 is 29.2 Å². The number of aromatic amines is 1. The highest BCUT2D eigenvalue weighted by Gasteiger charge is 2.31. The van der Waals surface area contributed by atoms with Crippen molar-refractivity contribution in [3.8, 4) is 11.1 Å². The summed E-state index contributed by atoms with van der Waals surface area (Å²) in [5.41, 5.74) is 4.62. The number of nitrogens with zero attached hydrogens (tertiary/aromatic N) is 1. The molecule has 3 aromatic rings. The van der Waals surface area contributed by atoms with Crippen LogP contribution in [0.3, 0.4) is 0 Å². The molecule has 0 saturated carbocycles. The normalized spacial score (nSPS) is 21.0. The van der Waals surface area contributed by atoms with E-state index in [0.717, 1.165) is 5.69 Å². The average molecular weight is 459 g/mol. The molecule has 0 radical (unpaired) electrons. The SMILES string of the molecule is Cc1cc(C(=O)N2C[C@H](C)N[C@@H](C)C2)c(/C=C2\C(=O)Nc3cccc(-c4ccccc4F)c32)[nH]1. The number of anilines is 1. The van der Waals surface area contributed by atoms with Crippen LogP contribution in [0, 0.1) is 12.7 Å². The highest BCUT2D eigenvalue weighted by molar-refractivity contribution is 6.36. The van der Waals surface area contributed by atoms with E-state index in [9.17, 15) is 14.0 Å². The zero-order chi connectivity index (χ0) is 24.0. The summed E-state index contributed by atoms with van der Waals surface area (Å²) >= 11 is 0. The van der Waals surface area contributed by atoms with Crippen LogP contribution in [0.4, 0.5) is 10.1 Å². The summed E-state index contributed by atoms with van der Waals surface area (Å²) < 4.78 is 14.7. The number of piperazine rings is 1. The molecule has 3 heterocycles. The quantitative estimate of drug-likeness (QED) is 0.508. The van der Waals surface area contributed by atoms with Crippen molar-refractivity contribution in [3.05, 3.63) is 76.9 Å². The highest BCUT2D eigenvalue weighted by Crippen LogP contribution is 2.41. The van der Waals surface area contributed by atoms with Gasteiger partial charge in [0.15, 0.2) is 0 Å². The molecule has 3 N–H and O–H groups in total. The van der Waals surface area contributed by atoms with E-state index >= 15 is 0 Å². The molecule has 0 bridgehead atoms. The molecule has 2 amide bonds. The Bertz CT molecular complexity index is 1320. The second-order valence-corrected chi connectivity index (χ2v) is 9.18. The topological polar surface area (TPSA) is 77.2 Å². The maximum Gasteiger partial charge on any atom is 0.256 e. The van der Waals surface area contributed by atoms with Crippen molar-refractivity contribution in [1.82, 2.24) is 15.2 Å². The minimum absolute atomic E-state index is 0.0718. The van der Waals surface area contributed by atoms with E-state index in [-0.39, 0.29) is 29.7 Å². The Morgan fingerprint density at radius 2 is 1.76 bits per heavy atom. The average Bonchev–Trinajstić information content (AvgIpc) is 3.32. The van der Waals surface area contributed by atoms with Crippen molar-refractivity contribution in [2.75, 3.05) is 18.4 Å². The van der Waals surface area contributed by atoms with Crippen LogP contribution in [0.25, 0.3) is 22.8 Å². The Kier molecular flexibility index (Phi) is 5.57. The van der Waals surface area contributed by atoms with Gasteiger partial charge in [0, 0.05) is 47.7 Å². The number of aryl methyl sites for hydroxylation is 1. The van der Waals surface area contributed by atoms with E-state index in [2.05, 4.69) is 29.5 Å². The minimum Gasteiger partial charge on any atom is -0.358 e. The highest BCUT2D eigenvalue weighted by atomic mass is 19.1. The third-order valence-corrected chi connectivity index (χ3v) is 6.34. The number of H-pyrrole nitrogens is 1. The third-order valence-electron chi connectivity index (χ3n) is 6.34. The lowest BCUT2D eigenvalue weighted by atomic mass is 9.94. The molecule has 34 heavy (non-hydrogen) atoms. The Labute approximate surface area is 197 Å². The summed E-state index contributed by atoms with van der Waals surface area (Å²) in [6.07, 6.45) is 1.71. The van der Waals surface area contributed by atoms with Gasteiger partial charge in [-0.2, -0.15) is 0 Å². The number of rotatable bonds is 3. The van der Waals surface area contributed by atoms with Gasteiger partial charge in [0.1, 0.15) is 5.82 Å². The lowest BCUT2D eigenvalue weighted by molar-refractivity contribution is -0.110. The van der Waals surface area contributed by atoms with E-state index in [4.69, 9.17) is 0 Å². The Morgan fingerprint density at radius 3 is 2.50 bits per heavy atom. The molecule has 1 saturated heterocycles. The van der Waals surface area contributed by atoms with Crippen molar-refractivity contribution in [2.24, 2.45) is 0 Å². The van der Waals surface area contributed by atoms with Crippen LogP contribution in [0.5, 0.6) is 0 Å². The Balaban J connectivity index is 1.59. The second kappa shape index (κ2) is 8.57. The molecule has 2 aromatic carbocycles. The third kappa shape index (κ3) is 3.92. The summed E-state index contributed by atoms with van der Waals surface area (Å²) in [4.78, 5) is 31.5. The Hall–Kier alpha value is -3.71. The molecule has 5 rings (SSSR count). The number of amides is 2. The van der Waals surface area contributed by atoms with Gasteiger partial charge in [-0.05, 0) is 50.6 Å². The number of hydrogen-bond acceptors (Lipinski definition) is 3. The number of halogens is 1. The van der Waals surface area contributed by atoms with E-state index in [0.29, 0.717) is 52.3 Å². The van der Waals surface area contributed by atoms with Gasteiger partial charge in [0.2, 0.25) is 0 Å². The van der Waals surface area contributed by atoms with Crippen LogP contribution in [-0.4, -0.2) is 46.9 Å². The molecule has 0 spiro atoms. The standard InChI is InChI=1S/C27H27FN4O2/c1-15-11-20(27(34)32-13-16(2)29-17(3)14-32)24(30-15)12-21-25-19(18-7-4-5-9-22(18)28)8-6-10-23(25)31-26(21)33/h4-12,16-17,29-30H,13-14H2,1-3H3,(H,31,33)/b21-12-/t16-,17-/m0/s1. The predicted molar refractivity (Wildman–Crippen MR) is 132 cm³/mol. The fourth-order valence-electron chi connectivity index (χ4n) is 5.00. The molecule has 1 fully saturated rings. The second-order valence-electron chi connectivity index (χ2n) is 9.18. The van der Waals surface area contributed by atoms with Crippen LogP contribution in [0.1, 0.15) is 41.2 Å². The van der Waals surface area contributed by atoms with E-state index in [1.807, 2.05) is 17.9 Å². The number of carbonyl (C=O) groups excluding carboxylic acids is 2. The molecular formula is C27H27FN4O2. The van der Waals surface area contributed by atoms with Crippen LogP contribution in [0.2, 0.25) is 0 Å². The molecule has 2 aliphatic heterocycles. The van der Waals surface area contributed by atoms with Gasteiger partial charge < -0.3 is 20.5 Å². The number of aromatic nitrogens is 1. The summed E-state index contributed by atoms with van der Waals surface area (Å²) in [7, 11) is 0. The zero-order valence-electron chi connectivity index (χ0n) is 19.4. The van der Waals surface area contributed by atoms with E-state index in [1.165, 1.54) is 6.07 Å². The number of hydrogen-bond donors (Lipinski definition) is 3. The van der Waals surface area contributed by atoms with Crippen LogP contribution >= 0.6 is 0 Å². The maximum absolute atomic E-state index is 14.7. The van der Waals surface area contributed by atoms with Gasteiger partial charge in [-0.15, -0.1) is 0 Å². The van der Waals surface area contributed by atoms with Crippen molar-refractivity contribution in [2.45, 2.75) is 32.9 Å². The fraction of sp³-hybridized carbons (Fsp3) is 0.259. The molecule has 0 aliphatic carbocycles. The van der Waals surface area contributed by atoms with E-state index in [1.54, 1.807) is 42.5 Å². The molecule has 2 atom stereocenters. The molecule has 7 heteroatoms. The lowest BCUT2D eigenvalue weighted by Crippen LogP contribution is -2.55. The summed E-state index contributed by atoms with van der Waals surface area (Å²) in [5.74, 6) is -0.714. The Morgan fingerprint density at radius 1 is 1.06 bits per heavy atom. The van der Waals surface area contributed by atoms with Gasteiger partial charge in [-0.3, -0.25) is 9.59 Å². The fourth-order valence-corrected chi connectivity index (χ4v) is 5.00. The van der Waals surface area contributed by atoms with Crippen LogP contribution in [-0.2, 0) is 4.79 Å². The first-order valence-electron chi connectivity index (χ1n) is 11.5. The lowest BCUT2D eigenvalue weighted by Gasteiger charge is -2.36. The number of benzene rings is 2. The monoisotopic (exact) mass is 458 g/mol. The molecule has 2 aliphatic rings. The predicted octanol–water partition coefficient (Wildman–Crippen LogP) is 4.44. The summed E-state index contributed by atoms with van der Waals surface area (Å²) in [6.45, 7) is 7.24.